The van der Waals surface area contributed by atoms with Crippen LogP contribution in [-0.4, -0.2) is 47.5 Å². The summed E-state index contributed by atoms with van der Waals surface area (Å²) >= 11 is 0. The van der Waals surface area contributed by atoms with Gasteiger partial charge in [0.2, 0.25) is 5.91 Å². The highest BCUT2D eigenvalue weighted by molar-refractivity contribution is 5.95. The van der Waals surface area contributed by atoms with Crippen molar-refractivity contribution in [3.63, 3.8) is 0 Å². The van der Waals surface area contributed by atoms with Gasteiger partial charge in [-0.15, -0.1) is 0 Å². The monoisotopic (exact) mass is 472 g/mol. The van der Waals surface area contributed by atoms with Crippen LogP contribution in [0.1, 0.15) is 28.9 Å². The topological polar surface area (TPSA) is 87.5 Å². The lowest BCUT2D eigenvalue weighted by Gasteiger charge is -2.33. The highest BCUT2D eigenvalue weighted by atomic mass is 19.4. The molecule has 0 unspecified atom stereocenters. The van der Waals surface area contributed by atoms with Crippen LogP contribution in [0, 0.1) is 0 Å². The molecule has 1 aliphatic heterocycles. The number of alkyl halides is 3. The summed E-state index contributed by atoms with van der Waals surface area (Å²) in [6.07, 6.45) is -3.45. The van der Waals surface area contributed by atoms with Gasteiger partial charge in [0.05, 0.1) is 12.1 Å². The van der Waals surface area contributed by atoms with Crippen LogP contribution in [0.4, 0.5) is 18.9 Å². The van der Waals surface area contributed by atoms with E-state index in [0.717, 1.165) is 11.6 Å². The zero-order valence-electron chi connectivity index (χ0n) is 18.1. The molecule has 178 valence electrons. The minimum atomic E-state index is -4.44. The largest absolute Gasteiger partial charge is 0.418 e. The number of likely N-dealkylation sites (tertiary alicyclic amines) is 1. The normalized spacial score (nSPS) is 14.6. The number of nitrogens with one attached hydrogen (secondary N) is 2. The van der Waals surface area contributed by atoms with Gasteiger partial charge in [0, 0.05) is 36.4 Å². The Morgan fingerprint density at radius 3 is 2.41 bits per heavy atom. The lowest BCUT2D eigenvalue weighted by molar-refractivity contribution is -0.137. The van der Waals surface area contributed by atoms with Crippen molar-refractivity contribution < 1.29 is 27.3 Å². The molecule has 0 radical (unpaired) electrons. The molecular weight excluding hydrogens is 449 g/mol. The number of amides is 2. The van der Waals surface area contributed by atoms with Gasteiger partial charge in [-0.25, -0.2) is 0 Å². The average Bonchev–Trinajstić information content (AvgIpc) is 3.34. The molecule has 0 saturated carbocycles. The van der Waals surface area contributed by atoms with Crippen molar-refractivity contribution in [3.05, 3.63) is 71.9 Å². The van der Waals surface area contributed by atoms with Crippen LogP contribution < -0.4 is 10.6 Å². The van der Waals surface area contributed by atoms with E-state index >= 15 is 0 Å². The number of para-hydroxylation sites is 1. The molecule has 2 amide bonds. The van der Waals surface area contributed by atoms with Gasteiger partial charge in [0.25, 0.3) is 5.91 Å². The van der Waals surface area contributed by atoms with E-state index in [9.17, 15) is 22.8 Å². The summed E-state index contributed by atoms with van der Waals surface area (Å²) in [4.78, 5) is 26.4. The third-order valence-electron chi connectivity index (χ3n) is 5.64. The first kappa shape index (κ1) is 23.3. The number of anilines is 1. The Kier molecular flexibility index (Phi) is 6.85. The Hall–Kier alpha value is -3.82. The van der Waals surface area contributed by atoms with E-state index in [-0.39, 0.29) is 29.9 Å². The fraction of sp³-hybridized carbons (Fsp3) is 0.292. The highest BCUT2D eigenvalue weighted by Crippen LogP contribution is 2.35. The maximum Gasteiger partial charge on any atom is 0.418 e. The zero-order valence-corrected chi connectivity index (χ0v) is 18.1. The van der Waals surface area contributed by atoms with Crippen molar-refractivity contribution in [1.29, 1.82) is 0 Å². The molecule has 2 N–H and O–H groups in total. The van der Waals surface area contributed by atoms with Crippen LogP contribution in [0.5, 0.6) is 0 Å². The van der Waals surface area contributed by atoms with Gasteiger partial charge in [-0.2, -0.15) is 13.2 Å². The Morgan fingerprint density at radius 2 is 1.71 bits per heavy atom. The van der Waals surface area contributed by atoms with Crippen molar-refractivity contribution in [1.82, 2.24) is 15.4 Å². The molecule has 2 heterocycles. The maximum absolute atomic E-state index is 13.2. The van der Waals surface area contributed by atoms with Crippen LogP contribution in [0.2, 0.25) is 0 Å². The minimum absolute atomic E-state index is 0.0366. The molecule has 34 heavy (non-hydrogen) atoms. The first-order valence-corrected chi connectivity index (χ1v) is 10.8. The van der Waals surface area contributed by atoms with Crippen LogP contribution in [0.3, 0.4) is 0 Å². The van der Waals surface area contributed by atoms with Gasteiger partial charge < -0.3 is 20.1 Å². The van der Waals surface area contributed by atoms with Crippen LogP contribution >= 0.6 is 0 Å². The van der Waals surface area contributed by atoms with Crippen molar-refractivity contribution in [2.75, 3.05) is 25.0 Å². The number of carbonyl (C=O) groups is 2. The van der Waals surface area contributed by atoms with Crippen LogP contribution in [0.25, 0.3) is 11.3 Å². The summed E-state index contributed by atoms with van der Waals surface area (Å²) in [6.45, 7) is 0.548. The quantitative estimate of drug-likeness (QED) is 0.562. The van der Waals surface area contributed by atoms with Crippen molar-refractivity contribution >= 4 is 17.5 Å². The fourth-order valence-electron chi connectivity index (χ4n) is 3.83. The van der Waals surface area contributed by atoms with Crippen molar-refractivity contribution in [2.24, 2.45) is 0 Å². The number of carbonyl (C=O) groups excluding carboxylic acids is 2. The number of nitrogens with zero attached hydrogens (tertiary/aromatic N) is 2. The number of hydrogen-bond acceptors (Lipinski definition) is 5. The SMILES string of the molecule is O=C(NCC(=O)N1CCC(Nc2ccccc2C(F)(F)F)CC1)c1cc(-c2ccccc2)on1. The van der Waals surface area contributed by atoms with Gasteiger partial charge >= 0.3 is 6.18 Å². The Morgan fingerprint density at radius 1 is 1.03 bits per heavy atom. The van der Waals surface area contributed by atoms with E-state index < -0.39 is 17.6 Å². The van der Waals surface area contributed by atoms with Crippen LogP contribution in [-0.2, 0) is 11.0 Å². The summed E-state index contributed by atoms with van der Waals surface area (Å²) in [5, 5.41) is 9.26. The molecule has 7 nitrogen and oxygen atoms in total. The fourth-order valence-corrected chi connectivity index (χ4v) is 3.83. The van der Waals surface area contributed by atoms with E-state index in [1.165, 1.54) is 18.2 Å². The highest BCUT2D eigenvalue weighted by Gasteiger charge is 2.34. The number of hydrogen-bond donors (Lipinski definition) is 2. The van der Waals surface area contributed by atoms with E-state index in [1.807, 2.05) is 30.3 Å². The van der Waals surface area contributed by atoms with E-state index in [1.54, 1.807) is 11.0 Å². The molecule has 0 bridgehead atoms. The molecule has 3 aromatic rings. The second-order valence-electron chi connectivity index (χ2n) is 7.97. The van der Waals surface area contributed by atoms with Gasteiger partial charge in [-0.3, -0.25) is 9.59 Å². The van der Waals surface area contributed by atoms with E-state index in [4.69, 9.17) is 4.52 Å². The number of rotatable bonds is 6. The summed E-state index contributed by atoms with van der Waals surface area (Å²) in [7, 11) is 0. The smallest absolute Gasteiger partial charge is 0.382 e. The summed E-state index contributed by atoms with van der Waals surface area (Å²) in [5.41, 5.74) is 0.173. The number of aromatic nitrogens is 1. The molecule has 0 spiro atoms. The molecule has 1 fully saturated rings. The van der Waals surface area contributed by atoms with E-state index in [0.29, 0.717) is 31.7 Å². The first-order valence-electron chi connectivity index (χ1n) is 10.8. The lowest BCUT2D eigenvalue weighted by Crippen LogP contribution is -2.46. The molecule has 1 aromatic heterocycles. The molecule has 1 aliphatic rings. The minimum Gasteiger partial charge on any atom is -0.382 e. The maximum atomic E-state index is 13.2. The standard InChI is InChI=1S/C24H23F3N4O3/c25-24(26,27)18-8-4-5-9-19(18)29-17-10-12-31(13-11-17)22(32)15-28-23(33)20-14-21(34-30-20)16-6-2-1-3-7-16/h1-9,14,17,29H,10-13,15H2,(H,28,33). The molecule has 0 atom stereocenters. The molecule has 4 rings (SSSR count). The van der Waals surface area contributed by atoms with E-state index in [2.05, 4.69) is 15.8 Å². The molecule has 0 aliphatic carbocycles. The predicted molar refractivity (Wildman–Crippen MR) is 119 cm³/mol. The molecule has 10 heteroatoms. The van der Waals surface area contributed by atoms with Crippen molar-refractivity contribution in [2.45, 2.75) is 25.1 Å². The molecular formula is C24H23F3N4O3. The Labute approximate surface area is 193 Å². The summed E-state index contributed by atoms with van der Waals surface area (Å²) < 4.78 is 44.8. The number of halogens is 3. The molecule has 2 aromatic carbocycles. The van der Waals surface area contributed by atoms with Gasteiger partial charge in [0.15, 0.2) is 11.5 Å². The Balaban J connectivity index is 1.25. The third-order valence-corrected chi connectivity index (χ3v) is 5.64. The number of piperidine rings is 1. The first-order chi connectivity index (χ1) is 16.3. The molecule has 1 saturated heterocycles. The average molecular weight is 472 g/mol. The second-order valence-corrected chi connectivity index (χ2v) is 7.97. The predicted octanol–water partition coefficient (Wildman–Crippen LogP) is 4.19. The lowest BCUT2D eigenvalue weighted by atomic mass is 10.0. The van der Waals surface area contributed by atoms with Gasteiger partial charge in [-0.05, 0) is 25.0 Å². The Bertz CT molecular complexity index is 1140. The zero-order chi connectivity index (χ0) is 24.1. The summed E-state index contributed by atoms with van der Waals surface area (Å²) in [5.74, 6) is -0.354. The van der Waals surface area contributed by atoms with Crippen LogP contribution in [0.15, 0.2) is 65.2 Å². The summed E-state index contributed by atoms with van der Waals surface area (Å²) in [6, 6.07) is 15.9. The van der Waals surface area contributed by atoms with Gasteiger partial charge in [0.1, 0.15) is 0 Å². The van der Waals surface area contributed by atoms with Gasteiger partial charge in [-0.1, -0.05) is 47.6 Å². The van der Waals surface area contributed by atoms with Crippen molar-refractivity contribution in [3.8, 4) is 11.3 Å². The second kappa shape index (κ2) is 9.98. The number of benzene rings is 2. The third kappa shape index (κ3) is 5.56.